The normalized spacial score (nSPS) is 11.7. The minimum absolute atomic E-state index is 0.0134. The molecule has 118 valence electrons. The molecule has 0 N–H and O–H groups in total. The number of fused-ring (bicyclic) bond motifs is 1. The molecule has 9 heteroatoms. The van der Waals surface area contributed by atoms with E-state index in [4.69, 9.17) is 0 Å². The van der Waals surface area contributed by atoms with E-state index in [0.29, 0.717) is 14.7 Å². The van der Waals surface area contributed by atoms with Crippen LogP contribution in [0.4, 0.5) is 5.82 Å². The zero-order valence-corrected chi connectivity index (χ0v) is 14.2. The number of nitro groups is 1. The molecule has 0 radical (unpaired) electrons. The number of nitrogens with zero attached hydrogens (tertiary/aromatic N) is 3. The van der Waals surface area contributed by atoms with Gasteiger partial charge in [0.15, 0.2) is 0 Å². The van der Waals surface area contributed by atoms with Crippen molar-refractivity contribution in [2.45, 2.75) is 11.8 Å². The number of aromatic nitrogens is 2. The van der Waals surface area contributed by atoms with Crippen molar-refractivity contribution in [1.29, 1.82) is 0 Å². The molecule has 0 saturated heterocycles. The number of benzene rings is 2. The average molecular weight is 396 g/mol. The van der Waals surface area contributed by atoms with Gasteiger partial charge in [0.1, 0.15) is 11.1 Å². The number of aryl methyl sites for hydroxylation is 1. The van der Waals surface area contributed by atoms with Gasteiger partial charge in [-0.1, -0.05) is 44.2 Å². The first-order valence-electron chi connectivity index (χ1n) is 6.45. The lowest BCUT2D eigenvalue weighted by atomic mass is 10.1. The van der Waals surface area contributed by atoms with E-state index in [1.54, 1.807) is 30.3 Å². The molecule has 7 nitrogen and oxygen atoms in total. The Morgan fingerprint density at radius 3 is 2.48 bits per heavy atom. The Kier molecular flexibility index (Phi) is 3.69. The van der Waals surface area contributed by atoms with Crippen molar-refractivity contribution in [3.05, 3.63) is 63.0 Å². The summed E-state index contributed by atoms with van der Waals surface area (Å²) in [4.78, 5) is 14.1. The molecule has 3 rings (SSSR count). The maximum absolute atomic E-state index is 13.0. The summed E-state index contributed by atoms with van der Waals surface area (Å²) in [6.07, 6.45) is 0.938. The van der Waals surface area contributed by atoms with Crippen LogP contribution in [-0.4, -0.2) is 22.3 Å². The average Bonchev–Trinajstić information content (AvgIpc) is 2.90. The summed E-state index contributed by atoms with van der Waals surface area (Å²) >= 11 is 3.38. The first kappa shape index (κ1) is 15.6. The van der Waals surface area contributed by atoms with Crippen molar-refractivity contribution in [3.63, 3.8) is 0 Å². The van der Waals surface area contributed by atoms with Crippen LogP contribution >= 0.6 is 15.9 Å². The van der Waals surface area contributed by atoms with Crippen LogP contribution in [-0.2, 0) is 10.0 Å². The topological polar surface area (TPSA) is 95.1 Å². The van der Waals surface area contributed by atoms with Gasteiger partial charge in [0, 0.05) is 16.8 Å². The maximum Gasteiger partial charge on any atom is 0.358 e. The zero-order chi connectivity index (χ0) is 16.8. The van der Waals surface area contributed by atoms with Gasteiger partial charge in [0.05, 0.1) is 0 Å². The number of imidazole rings is 1. The highest BCUT2D eigenvalue weighted by molar-refractivity contribution is 9.10. The van der Waals surface area contributed by atoms with Crippen LogP contribution in [0.1, 0.15) is 5.82 Å². The fourth-order valence-electron chi connectivity index (χ4n) is 2.40. The SMILES string of the molecule is Cc1ncc([N+](=O)[O-])n1S(=O)(=O)c1ccc(Br)c2ccccc12. The van der Waals surface area contributed by atoms with E-state index in [2.05, 4.69) is 20.9 Å². The monoisotopic (exact) mass is 395 g/mol. The molecule has 0 aliphatic heterocycles. The maximum atomic E-state index is 13.0. The van der Waals surface area contributed by atoms with E-state index in [-0.39, 0.29) is 10.7 Å². The summed E-state index contributed by atoms with van der Waals surface area (Å²) in [5.41, 5.74) is 0. The molecular formula is C14H10BrN3O4S. The predicted octanol–water partition coefficient (Wildman–Crippen LogP) is 3.25. The summed E-state index contributed by atoms with van der Waals surface area (Å²) in [6, 6.07) is 9.95. The van der Waals surface area contributed by atoms with Crippen molar-refractivity contribution in [3.8, 4) is 0 Å². The Bertz CT molecular complexity index is 1040. The molecule has 2 aromatic carbocycles. The minimum atomic E-state index is -4.15. The molecule has 23 heavy (non-hydrogen) atoms. The third-order valence-corrected chi connectivity index (χ3v) is 5.94. The fourth-order valence-corrected chi connectivity index (χ4v) is 4.52. The van der Waals surface area contributed by atoms with Gasteiger partial charge < -0.3 is 10.1 Å². The molecule has 0 aliphatic rings. The van der Waals surface area contributed by atoms with Crippen LogP contribution in [0.2, 0.25) is 0 Å². The summed E-state index contributed by atoms with van der Waals surface area (Å²) in [5, 5.41) is 12.3. The van der Waals surface area contributed by atoms with Gasteiger partial charge in [-0.25, -0.2) is 4.98 Å². The molecule has 0 spiro atoms. The van der Waals surface area contributed by atoms with Crippen LogP contribution in [0.25, 0.3) is 10.8 Å². The third-order valence-electron chi connectivity index (χ3n) is 3.41. The zero-order valence-electron chi connectivity index (χ0n) is 11.8. The predicted molar refractivity (Wildman–Crippen MR) is 87.9 cm³/mol. The van der Waals surface area contributed by atoms with E-state index in [0.717, 1.165) is 10.7 Å². The number of hydrogen-bond acceptors (Lipinski definition) is 5. The molecule has 1 aromatic heterocycles. The van der Waals surface area contributed by atoms with Crippen LogP contribution in [0.15, 0.2) is 52.0 Å². The van der Waals surface area contributed by atoms with Gasteiger partial charge in [-0.3, -0.25) is 0 Å². The highest BCUT2D eigenvalue weighted by Crippen LogP contribution is 2.32. The molecule has 0 bridgehead atoms. The number of rotatable bonds is 3. The van der Waals surface area contributed by atoms with Crippen molar-refractivity contribution in [2.24, 2.45) is 0 Å². The van der Waals surface area contributed by atoms with Gasteiger partial charge in [-0.2, -0.15) is 8.42 Å². The van der Waals surface area contributed by atoms with E-state index in [1.807, 2.05) is 0 Å². The molecule has 0 atom stereocenters. The van der Waals surface area contributed by atoms with Gasteiger partial charge in [-0.05, 0) is 22.4 Å². The molecule has 0 fully saturated rings. The Morgan fingerprint density at radius 1 is 1.17 bits per heavy atom. The van der Waals surface area contributed by atoms with Crippen LogP contribution in [0, 0.1) is 17.0 Å². The van der Waals surface area contributed by atoms with Gasteiger partial charge in [0.25, 0.3) is 0 Å². The van der Waals surface area contributed by atoms with Crippen molar-refractivity contribution < 1.29 is 13.3 Å². The molecule has 0 saturated carbocycles. The second-order valence-corrected chi connectivity index (χ2v) is 7.39. The van der Waals surface area contributed by atoms with E-state index in [1.165, 1.54) is 13.0 Å². The van der Waals surface area contributed by atoms with Gasteiger partial charge in [-0.15, -0.1) is 0 Å². The highest BCUT2D eigenvalue weighted by Gasteiger charge is 2.32. The molecular weight excluding hydrogens is 386 g/mol. The standard InChI is InChI=1S/C14H10BrN3O4S/c1-9-16-8-14(18(19)20)17(9)23(21,22)13-7-6-12(15)10-4-2-3-5-11(10)13/h2-8H,1H3. The second kappa shape index (κ2) is 5.43. The lowest BCUT2D eigenvalue weighted by Crippen LogP contribution is -2.17. The van der Waals surface area contributed by atoms with Crippen molar-refractivity contribution in [2.75, 3.05) is 0 Å². The number of halogens is 1. The molecule has 0 unspecified atom stereocenters. The van der Waals surface area contributed by atoms with Crippen molar-refractivity contribution >= 4 is 42.5 Å². The Labute approximate surface area is 139 Å². The molecule has 0 amide bonds. The molecule has 1 heterocycles. The van der Waals surface area contributed by atoms with E-state index in [9.17, 15) is 18.5 Å². The summed E-state index contributed by atoms with van der Waals surface area (Å²) < 4.78 is 27.3. The Hall–Kier alpha value is -2.26. The quantitative estimate of drug-likeness (QED) is 0.500. The first-order chi connectivity index (χ1) is 10.8. The van der Waals surface area contributed by atoms with Gasteiger partial charge in [0.2, 0.25) is 5.82 Å². The third kappa shape index (κ3) is 2.41. The lowest BCUT2D eigenvalue weighted by Gasteiger charge is -2.09. The first-order valence-corrected chi connectivity index (χ1v) is 8.69. The molecule has 3 aromatic rings. The van der Waals surface area contributed by atoms with Crippen LogP contribution in [0.5, 0.6) is 0 Å². The van der Waals surface area contributed by atoms with Gasteiger partial charge >= 0.3 is 15.8 Å². The lowest BCUT2D eigenvalue weighted by molar-refractivity contribution is -0.390. The fraction of sp³-hybridized carbons (Fsp3) is 0.0714. The Balaban J connectivity index is 2.37. The Morgan fingerprint density at radius 2 is 1.83 bits per heavy atom. The molecule has 0 aliphatic carbocycles. The summed E-state index contributed by atoms with van der Waals surface area (Å²) in [6.45, 7) is 1.41. The minimum Gasteiger partial charge on any atom is -0.358 e. The van der Waals surface area contributed by atoms with Crippen molar-refractivity contribution in [1.82, 2.24) is 8.96 Å². The van der Waals surface area contributed by atoms with E-state index >= 15 is 0 Å². The second-order valence-electron chi connectivity index (χ2n) is 4.78. The van der Waals surface area contributed by atoms with Crippen LogP contribution in [0.3, 0.4) is 0 Å². The van der Waals surface area contributed by atoms with Crippen LogP contribution < -0.4 is 0 Å². The smallest absolute Gasteiger partial charge is 0.358 e. The summed E-state index contributed by atoms with van der Waals surface area (Å²) in [7, 11) is -4.15. The highest BCUT2D eigenvalue weighted by atomic mass is 79.9. The summed E-state index contributed by atoms with van der Waals surface area (Å²) in [5.74, 6) is -0.557. The number of hydrogen-bond donors (Lipinski definition) is 0. The van der Waals surface area contributed by atoms with E-state index < -0.39 is 20.8 Å². The largest absolute Gasteiger partial charge is 0.358 e.